The monoisotopic (exact) mass is 445 g/mol. The molecule has 2 aliphatic heterocycles. The van der Waals surface area contributed by atoms with Crippen molar-refractivity contribution >= 4 is 33.9 Å². The molecule has 1 aromatic heterocycles. The smallest absolute Gasteiger partial charge is 0.328 e. The van der Waals surface area contributed by atoms with Crippen LogP contribution in [0.25, 0.3) is 11.0 Å². The van der Waals surface area contributed by atoms with E-state index in [2.05, 4.69) is 9.62 Å². The number of nitrogens with one attached hydrogen (secondary N) is 1. The molecule has 0 radical (unpaired) electrons. The van der Waals surface area contributed by atoms with Gasteiger partial charge in [-0.05, 0) is 31.2 Å². The van der Waals surface area contributed by atoms with E-state index in [1.54, 1.807) is 17.0 Å². The van der Waals surface area contributed by atoms with E-state index < -0.39 is 29.3 Å². The molecule has 0 aliphatic carbocycles. The number of furan rings is 1. The summed E-state index contributed by atoms with van der Waals surface area (Å²) >= 11 is -1.77. The van der Waals surface area contributed by atoms with Gasteiger partial charge in [0.2, 0.25) is 0 Å². The molecule has 1 fully saturated rings. The molecule has 3 aromatic rings. The van der Waals surface area contributed by atoms with Gasteiger partial charge in [0.25, 0.3) is 0 Å². The maximum absolute atomic E-state index is 14.5. The lowest BCUT2D eigenvalue weighted by Gasteiger charge is -2.36. The van der Waals surface area contributed by atoms with Crippen LogP contribution in [-0.2, 0) is 24.3 Å². The lowest BCUT2D eigenvalue weighted by atomic mass is 10.0. The molecule has 1 amide bonds. The number of nitrogens with zero attached hydrogens (tertiary/aromatic N) is 2. The molecule has 1 saturated heterocycles. The predicted octanol–water partition coefficient (Wildman–Crippen LogP) is 3.17. The van der Waals surface area contributed by atoms with Crippen LogP contribution in [0.3, 0.4) is 0 Å². The number of halogens is 2. The van der Waals surface area contributed by atoms with E-state index in [1.165, 1.54) is 12.1 Å². The van der Waals surface area contributed by atoms with Gasteiger partial charge in [0.1, 0.15) is 28.9 Å². The van der Waals surface area contributed by atoms with E-state index in [1.807, 2.05) is 19.2 Å². The molecule has 1 atom stereocenters. The van der Waals surface area contributed by atoms with Crippen LogP contribution in [0.2, 0.25) is 0 Å². The average Bonchev–Trinajstić information content (AvgIpc) is 3.15. The number of rotatable bonds is 4. The summed E-state index contributed by atoms with van der Waals surface area (Å²) in [7, 11) is 2.03. The molecule has 31 heavy (non-hydrogen) atoms. The summed E-state index contributed by atoms with van der Waals surface area (Å²) in [6.07, 6.45) is -0.172. The second-order valence-corrected chi connectivity index (χ2v) is 9.22. The van der Waals surface area contributed by atoms with Gasteiger partial charge in [0.15, 0.2) is 10.7 Å². The molecule has 0 saturated carbocycles. The Balaban J connectivity index is 1.37. The Hall–Kier alpha value is -2.62. The summed E-state index contributed by atoms with van der Waals surface area (Å²) in [5, 5.41) is 0.150. The SMILES string of the molecule is CN1CCc2c(cccc2[S+]([O-])NC(=O)c2cc3c(F)cc(N4CC(F)C4)cc3o2)C1. The van der Waals surface area contributed by atoms with Crippen molar-refractivity contribution in [2.24, 2.45) is 0 Å². The average molecular weight is 445 g/mol. The number of amides is 1. The van der Waals surface area contributed by atoms with Crippen LogP contribution in [0.1, 0.15) is 21.7 Å². The molecular weight excluding hydrogens is 424 g/mol. The number of hydrogen-bond donors (Lipinski definition) is 1. The van der Waals surface area contributed by atoms with Crippen LogP contribution in [-0.4, -0.2) is 48.2 Å². The first kappa shape index (κ1) is 20.3. The van der Waals surface area contributed by atoms with Gasteiger partial charge in [-0.15, -0.1) is 0 Å². The van der Waals surface area contributed by atoms with Crippen LogP contribution < -0.4 is 9.62 Å². The maximum atomic E-state index is 14.5. The normalized spacial score (nSPS) is 18.0. The lowest BCUT2D eigenvalue weighted by Crippen LogP contribution is -2.48. The molecule has 6 nitrogen and oxygen atoms in total. The summed E-state index contributed by atoms with van der Waals surface area (Å²) in [5.41, 5.74) is 2.77. The number of anilines is 1. The number of fused-ring (bicyclic) bond motifs is 2. The van der Waals surface area contributed by atoms with Gasteiger partial charge < -0.3 is 18.8 Å². The van der Waals surface area contributed by atoms with Gasteiger partial charge in [-0.2, -0.15) is 4.72 Å². The highest BCUT2D eigenvalue weighted by Crippen LogP contribution is 2.31. The Labute approximate surface area is 181 Å². The van der Waals surface area contributed by atoms with Crippen molar-refractivity contribution in [1.82, 2.24) is 9.62 Å². The maximum Gasteiger partial charge on any atom is 0.328 e. The summed E-state index contributed by atoms with van der Waals surface area (Å²) in [5.74, 6) is -1.37. The van der Waals surface area contributed by atoms with Crippen molar-refractivity contribution in [1.29, 1.82) is 0 Å². The van der Waals surface area contributed by atoms with Crippen LogP contribution in [0.15, 0.2) is 45.7 Å². The largest absolute Gasteiger partial charge is 0.588 e. The minimum atomic E-state index is -1.77. The fourth-order valence-corrected chi connectivity index (χ4v) is 5.13. The van der Waals surface area contributed by atoms with E-state index in [0.29, 0.717) is 10.6 Å². The minimum absolute atomic E-state index is 0.129. The molecule has 0 spiro atoms. The van der Waals surface area contributed by atoms with Crippen LogP contribution in [0.4, 0.5) is 14.5 Å². The van der Waals surface area contributed by atoms with Crippen LogP contribution in [0.5, 0.6) is 0 Å². The highest BCUT2D eigenvalue weighted by Gasteiger charge is 2.29. The number of carbonyl (C=O) groups excluding carboxylic acids is 1. The Bertz CT molecular complexity index is 1160. The molecule has 5 rings (SSSR count). The van der Waals surface area contributed by atoms with E-state index in [4.69, 9.17) is 4.42 Å². The van der Waals surface area contributed by atoms with Crippen LogP contribution in [0, 0.1) is 5.82 Å². The molecule has 1 N–H and O–H groups in total. The third kappa shape index (κ3) is 3.77. The van der Waals surface area contributed by atoms with Gasteiger partial charge >= 0.3 is 5.91 Å². The Morgan fingerprint density at radius 2 is 2.10 bits per heavy atom. The molecule has 9 heteroatoms. The first-order valence-corrected chi connectivity index (χ1v) is 11.2. The van der Waals surface area contributed by atoms with Crippen molar-refractivity contribution < 1.29 is 22.5 Å². The molecule has 162 valence electrons. The number of carbonyl (C=O) groups is 1. The van der Waals surface area contributed by atoms with E-state index >= 15 is 0 Å². The fourth-order valence-electron chi connectivity index (χ4n) is 4.09. The van der Waals surface area contributed by atoms with Gasteiger partial charge in [-0.3, -0.25) is 4.79 Å². The number of hydrogen-bond acceptors (Lipinski definition) is 5. The molecule has 1 unspecified atom stereocenters. The fraction of sp³-hybridized carbons (Fsp3) is 0.318. The third-order valence-corrected chi connectivity index (χ3v) is 6.95. The number of alkyl halides is 1. The molecular formula is C22H21F2N3O3S. The first-order valence-electron chi connectivity index (χ1n) is 10.0. The first-order chi connectivity index (χ1) is 14.9. The van der Waals surface area contributed by atoms with Crippen molar-refractivity contribution in [3.63, 3.8) is 0 Å². The Kier molecular flexibility index (Phi) is 5.11. The second-order valence-electron chi connectivity index (χ2n) is 8.03. The van der Waals surface area contributed by atoms with Gasteiger partial charge in [0, 0.05) is 36.5 Å². The highest BCUT2D eigenvalue weighted by molar-refractivity contribution is 7.90. The van der Waals surface area contributed by atoms with Crippen molar-refractivity contribution in [3.8, 4) is 0 Å². The highest BCUT2D eigenvalue weighted by atomic mass is 32.2. The number of likely N-dealkylation sites (N-methyl/N-ethyl adjacent to an activating group) is 1. The zero-order valence-electron chi connectivity index (χ0n) is 16.9. The van der Waals surface area contributed by atoms with Crippen molar-refractivity contribution in [3.05, 3.63) is 59.1 Å². The van der Waals surface area contributed by atoms with Crippen molar-refractivity contribution in [2.75, 3.05) is 31.6 Å². The summed E-state index contributed by atoms with van der Waals surface area (Å²) in [6.45, 7) is 2.02. The Morgan fingerprint density at radius 1 is 1.29 bits per heavy atom. The summed E-state index contributed by atoms with van der Waals surface area (Å²) in [6, 6.07) is 9.75. The third-order valence-electron chi connectivity index (χ3n) is 5.80. The predicted molar refractivity (Wildman–Crippen MR) is 114 cm³/mol. The molecule has 2 aliphatic rings. The van der Waals surface area contributed by atoms with E-state index in [9.17, 15) is 18.1 Å². The zero-order chi connectivity index (χ0) is 21.7. The standard InChI is InChI=1S/C22H21F2N3O3S/c1-26-6-5-16-13(10-26)3-2-4-21(16)31(29)25-22(28)20-9-17-18(24)7-15(8-19(17)30-20)27-11-14(23)12-27/h2-4,7-9,14H,5-6,10-12H2,1H3,(H,25,28). The minimum Gasteiger partial charge on any atom is -0.588 e. The van der Waals surface area contributed by atoms with Gasteiger partial charge in [-0.1, -0.05) is 12.1 Å². The van der Waals surface area contributed by atoms with Gasteiger partial charge in [-0.25, -0.2) is 8.78 Å². The van der Waals surface area contributed by atoms with E-state index in [0.717, 1.165) is 30.6 Å². The molecule has 3 heterocycles. The zero-order valence-corrected chi connectivity index (χ0v) is 17.7. The van der Waals surface area contributed by atoms with Crippen molar-refractivity contribution in [2.45, 2.75) is 24.0 Å². The lowest BCUT2D eigenvalue weighted by molar-refractivity contribution is 0.0956. The topological polar surface area (TPSA) is 71.8 Å². The number of benzene rings is 2. The summed E-state index contributed by atoms with van der Waals surface area (Å²) in [4.78, 5) is 17.1. The second kappa shape index (κ2) is 7.81. The van der Waals surface area contributed by atoms with E-state index in [-0.39, 0.29) is 29.8 Å². The Morgan fingerprint density at radius 3 is 2.87 bits per heavy atom. The molecule has 2 aromatic carbocycles. The van der Waals surface area contributed by atoms with Crippen LogP contribution >= 0.6 is 0 Å². The quantitative estimate of drug-likeness (QED) is 0.625. The van der Waals surface area contributed by atoms with Gasteiger partial charge in [0.05, 0.1) is 18.5 Å². The molecule has 0 bridgehead atoms. The summed E-state index contributed by atoms with van der Waals surface area (Å²) < 4.78 is 48.5.